The first kappa shape index (κ1) is 11.6. The topological polar surface area (TPSA) is 66.8 Å². The van der Waals surface area contributed by atoms with Gasteiger partial charge in [-0.15, -0.1) is 0 Å². The van der Waals surface area contributed by atoms with Crippen LogP contribution in [0.25, 0.3) is 6.08 Å². The highest BCUT2D eigenvalue weighted by molar-refractivity contribution is 9.10. The summed E-state index contributed by atoms with van der Waals surface area (Å²) in [5.41, 5.74) is 0.618. The molecule has 1 aromatic carbocycles. The Balaban J connectivity index is 3.13. The van der Waals surface area contributed by atoms with Gasteiger partial charge in [0.1, 0.15) is 0 Å². The molecule has 0 spiro atoms. The molecule has 0 aliphatic carbocycles. The van der Waals surface area contributed by atoms with Gasteiger partial charge in [0, 0.05) is 10.5 Å². The van der Waals surface area contributed by atoms with Crippen molar-refractivity contribution in [3.63, 3.8) is 0 Å². The van der Waals surface area contributed by atoms with Crippen LogP contribution < -0.4 is 4.74 Å². The van der Waals surface area contributed by atoms with Gasteiger partial charge in [0.15, 0.2) is 11.5 Å². The van der Waals surface area contributed by atoms with Crippen molar-refractivity contribution in [3.8, 4) is 11.5 Å². The third-order valence-electron chi connectivity index (χ3n) is 1.70. The predicted molar refractivity (Wildman–Crippen MR) is 59.0 cm³/mol. The number of rotatable bonds is 3. The van der Waals surface area contributed by atoms with Gasteiger partial charge in [-0.05, 0) is 23.8 Å². The third-order valence-corrected chi connectivity index (χ3v) is 2.39. The summed E-state index contributed by atoms with van der Waals surface area (Å²) in [6.07, 6.45) is 2.42. The number of aromatic hydroxyl groups is 1. The molecular formula is C10H9BrO4. The van der Waals surface area contributed by atoms with Crippen LogP contribution in [0, 0.1) is 0 Å². The van der Waals surface area contributed by atoms with Crippen molar-refractivity contribution < 1.29 is 19.7 Å². The first-order chi connectivity index (χ1) is 7.04. The number of benzene rings is 1. The van der Waals surface area contributed by atoms with Crippen molar-refractivity contribution in [2.75, 3.05) is 7.11 Å². The molecule has 0 aliphatic heterocycles. The molecule has 0 saturated carbocycles. The number of ether oxygens (including phenoxy) is 1. The summed E-state index contributed by atoms with van der Waals surface area (Å²) in [6, 6.07) is 2.99. The first-order valence-corrected chi connectivity index (χ1v) is 4.81. The quantitative estimate of drug-likeness (QED) is 0.829. The van der Waals surface area contributed by atoms with Crippen LogP contribution in [-0.4, -0.2) is 23.3 Å². The van der Waals surface area contributed by atoms with Crippen molar-refractivity contribution in [2.24, 2.45) is 0 Å². The highest BCUT2D eigenvalue weighted by atomic mass is 79.9. The molecule has 0 radical (unpaired) electrons. The van der Waals surface area contributed by atoms with Crippen LogP contribution in [0.4, 0.5) is 0 Å². The van der Waals surface area contributed by atoms with Gasteiger partial charge in [0.05, 0.1) is 7.11 Å². The number of phenols is 1. The molecule has 0 aliphatic rings. The van der Waals surface area contributed by atoms with Crippen LogP contribution in [0.3, 0.4) is 0 Å². The van der Waals surface area contributed by atoms with Gasteiger partial charge in [-0.1, -0.05) is 15.9 Å². The van der Waals surface area contributed by atoms with Crippen LogP contribution in [0.15, 0.2) is 22.7 Å². The van der Waals surface area contributed by atoms with Gasteiger partial charge in [-0.25, -0.2) is 4.79 Å². The smallest absolute Gasteiger partial charge is 0.328 e. The minimum Gasteiger partial charge on any atom is -0.504 e. The number of aliphatic carboxylic acids is 1. The summed E-state index contributed by atoms with van der Waals surface area (Å²) in [5, 5.41) is 17.9. The maximum absolute atomic E-state index is 10.3. The van der Waals surface area contributed by atoms with Crippen molar-refractivity contribution in [3.05, 3.63) is 28.2 Å². The lowest BCUT2D eigenvalue weighted by Gasteiger charge is -2.05. The molecule has 0 fully saturated rings. The Kier molecular flexibility index (Phi) is 3.74. The molecule has 2 N–H and O–H groups in total. The van der Waals surface area contributed by atoms with E-state index in [4.69, 9.17) is 9.84 Å². The van der Waals surface area contributed by atoms with E-state index in [0.29, 0.717) is 15.8 Å². The van der Waals surface area contributed by atoms with Gasteiger partial charge in [0.25, 0.3) is 0 Å². The summed E-state index contributed by atoms with van der Waals surface area (Å²) in [7, 11) is 1.42. The maximum atomic E-state index is 10.3. The molecule has 0 unspecified atom stereocenters. The van der Waals surface area contributed by atoms with Crippen molar-refractivity contribution in [1.29, 1.82) is 0 Å². The standard InChI is InChI=1S/C10H9BrO4/c1-15-9-4-6(2-3-10(13)14)7(11)5-8(9)12/h2-5,12H,1H3,(H,13,14)/b3-2+. The fourth-order valence-corrected chi connectivity index (χ4v) is 1.47. The Hall–Kier alpha value is -1.49. The average molecular weight is 273 g/mol. The molecule has 0 bridgehead atoms. The number of carbonyl (C=O) groups is 1. The minimum absolute atomic E-state index is 0.00292. The van der Waals surface area contributed by atoms with E-state index in [-0.39, 0.29) is 5.75 Å². The molecule has 5 heteroatoms. The molecular weight excluding hydrogens is 264 g/mol. The van der Waals surface area contributed by atoms with Gasteiger partial charge < -0.3 is 14.9 Å². The molecule has 0 amide bonds. The van der Waals surface area contributed by atoms with Crippen LogP contribution in [0.1, 0.15) is 5.56 Å². The molecule has 0 saturated heterocycles. The normalized spacial score (nSPS) is 10.5. The van der Waals surface area contributed by atoms with Crippen molar-refractivity contribution >= 4 is 28.0 Å². The predicted octanol–water partition coefficient (Wildman–Crippen LogP) is 2.26. The summed E-state index contributed by atoms with van der Waals surface area (Å²) in [5.74, 6) is -0.742. The van der Waals surface area contributed by atoms with E-state index in [1.54, 1.807) is 6.07 Å². The van der Waals surface area contributed by atoms with Gasteiger partial charge in [-0.2, -0.15) is 0 Å². The number of hydrogen-bond acceptors (Lipinski definition) is 3. The van der Waals surface area contributed by atoms with Crippen LogP contribution in [0.2, 0.25) is 0 Å². The number of hydrogen-bond donors (Lipinski definition) is 2. The van der Waals surface area contributed by atoms with E-state index in [1.807, 2.05) is 0 Å². The molecule has 80 valence electrons. The Labute approximate surface area is 94.9 Å². The Morgan fingerprint density at radius 2 is 2.20 bits per heavy atom. The van der Waals surface area contributed by atoms with Gasteiger partial charge in [0.2, 0.25) is 0 Å². The highest BCUT2D eigenvalue weighted by Crippen LogP contribution is 2.32. The van der Waals surface area contributed by atoms with Crippen LogP contribution in [-0.2, 0) is 4.79 Å². The number of halogens is 1. The fourth-order valence-electron chi connectivity index (χ4n) is 1.01. The lowest BCUT2D eigenvalue weighted by atomic mass is 10.2. The van der Waals surface area contributed by atoms with Crippen LogP contribution in [0.5, 0.6) is 11.5 Å². The van der Waals surface area contributed by atoms with E-state index in [1.165, 1.54) is 19.3 Å². The summed E-state index contributed by atoms with van der Waals surface area (Å²) < 4.78 is 5.49. The molecule has 15 heavy (non-hydrogen) atoms. The maximum Gasteiger partial charge on any atom is 0.328 e. The zero-order valence-corrected chi connectivity index (χ0v) is 9.48. The molecule has 0 aromatic heterocycles. The first-order valence-electron chi connectivity index (χ1n) is 4.02. The van der Waals surface area contributed by atoms with E-state index in [2.05, 4.69) is 15.9 Å². The molecule has 0 atom stereocenters. The Morgan fingerprint density at radius 1 is 1.53 bits per heavy atom. The second-order valence-corrected chi connectivity index (χ2v) is 3.57. The van der Waals surface area contributed by atoms with E-state index in [9.17, 15) is 9.90 Å². The SMILES string of the molecule is COc1cc(/C=C/C(=O)O)c(Br)cc1O. The average Bonchev–Trinajstić information content (AvgIpc) is 2.16. The number of phenolic OH excluding ortho intramolecular Hbond substituents is 1. The zero-order chi connectivity index (χ0) is 11.4. The Bertz CT molecular complexity index is 412. The van der Waals surface area contributed by atoms with E-state index >= 15 is 0 Å². The monoisotopic (exact) mass is 272 g/mol. The Morgan fingerprint density at radius 3 is 2.73 bits per heavy atom. The summed E-state index contributed by atoms with van der Waals surface area (Å²) >= 11 is 3.20. The van der Waals surface area contributed by atoms with Gasteiger partial charge in [-0.3, -0.25) is 0 Å². The largest absolute Gasteiger partial charge is 0.504 e. The molecule has 0 heterocycles. The third kappa shape index (κ3) is 2.99. The number of carboxylic acids is 1. The second-order valence-electron chi connectivity index (χ2n) is 2.72. The molecule has 4 nitrogen and oxygen atoms in total. The second kappa shape index (κ2) is 4.84. The van der Waals surface area contributed by atoms with E-state index < -0.39 is 5.97 Å². The van der Waals surface area contributed by atoms with Crippen molar-refractivity contribution in [2.45, 2.75) is 0 Å². The zero-order valence-electron chi connectivity index (χ0n) is 7.90. The van der Waals surface area contributed by atoms with Gasteiger partial charge >= 0.3 is 5.97 Å². The summed E-state index contributed by atoms with van der Waals surface area (Å²) in [4.78, 5) is 10.3. The summed E-state index contributed by atoms with van der Waals surface area (Å²) in [6.45, 7) is 0. The molecule has 1 rings (SSSR count). The lowest BCUT2D eigenvalue weighted by molar-refractivity contribution is -0.131. The molecule has 1 aromatic rings. The number of carboxylic acid groups (broad SMARTS) is 1. The number of methoxy groups -OCH3 is 1. The van der Waals surface area contributed by atoms with Crippen LogP contribution >= 0.6 is 15.9 Å². The highest BCUT2D eigenvalue weighted by Gasteiger charge is 2.05. The fraction of sp³-hybridized carbons (Fsp3) is 0.100. The lowest BCUT2D eigenvalue weighted by Crippen LogP contribution is -1.88. The minimum atomic E-state index is -1.03. The van der Waals surface area contributed by atoms with E-state index in [0.717, 1.165) is 6.08 Å². The van der Waals surface area contributed by atoms with Crippen molar-refractivity contribution in [1.82, 2.24) is 0 Å².